The second-order valence-electron chi connectivity index (χ2n) is 4.99. The van der Waals surface area contributed by atoms with Gasteiger partial charge >= 0.3 is 5.69 Å². The molecule has 0 saturated carbocycles. The van der Waals surface area contributed by atoms with Crippen LogP contribution in [0.3, 0.4) is 0 Å². The van der Waals surface area contributed by atoms with Gasteiger partial charge in [-0.25, -0.2) is 4.39 Å². The van der Waals surface area contributed by atoms with Gasteiger partial charge in [0.1, 0.15) is 5.82 Å². The van der Waals surface area contributed by atoms with Crippen molar-refractivity contribution in [3.63, 3.8) is 0 Å². The van der Waals surface area contributed by atoms with Gasteiger partial charge in [-0.15, -0.1) is 0 Å². The number of amides is 2. The first-order valence-electron chi connectivity index (χ1n) is 7.24. The maximum absolute atomic E-state index is 12.8. The van der Waals surface area contributed by atoms with Gasteiger partial charge in [-0.3, -0.25) is 19.7 Å². The molecule has 0 fully saturated rings. The third-order valence-electron chi connectivity index (χ3n) is 3.05. The summed E-state index contributed by atoms with van der Waals surface area (Å²) in [5.41, 5.74) is -0.00181. The quantitative estimate of drug-likeness (QED) is 0.565. The van der Waals surface area contributed by atoms with Crippen LogP contribution in [0.25, 0.3) is 0 Å². The summed E-state index contributed by atoms with van der Waals surface area (Å²) in [7, 11) is 0. The summed E-state index contributed by atoms with van der Waals surface area (Å²) in [6.45, 7) is -0.866. The Labute approximate surface area is 152 Å². The molecule has 0 aromatic heterocycles. The van der Waals surface area contributed by atoms with E-state index in [1.165, 1.54) is 36.4 Å². The molecule has 26 heavy (non-hydrogen) atoms. The Morgan fingerprint density at radius 3 is 2.50 bits per heavy atom. The van der Waals surface area contributed by atoms with Gasteiger partial charge in [-0.1, -0.05) is 11.6 Å². The number of ether oxygens (including phenoxy) is 1. The van der Waals surface area contributed by atoms with Crippen molar-refractivity contribution in [3.05, 3.63) is 63.4 Å². The highest BCUT2D eigenvalue weighted by molar-refractivity contribution is 6.30. The van der Waals surface area contributed by atoms with Crippen LogP contribution in [0.1, 0.15) is 0 Å². The summed E-state index contributed by atoms with van der Waals surface area (Å²) in [4.78, 5) is 33.6. The van der Waals surface area contributed by atoms with Gasteiger partial charge in [0.15, 0.2) is 12.4 Å². The first-order valence-corrected chi connectivity index (χ1v) is 7.62. The molecule has 0 unspecified atom stereocenters. The Balaban J connectivity index is 1.81. The summed E-state index contributed by atoms with van der Waals surface area (Å²) in [5, 5.41) is 15.8. The first-order chi connectivity index (χ1) is 12.3. The number of nitrogens with one attached hydrogen (secondary N) is 2. The molecule has 0 aliphatic carbocycles. The van der Waals surface area contributed by atoms with Crippen molar-refractivity contribution in [2.75, 3.05) is 18.5 Å². The number of halogens is 2. The molecule has 10 heteroatoms. The Morgan fingerprint density at radius 2 is 1.85 bits per heavy atom. The number of nitro benzene ring substituents is 1. The average molecular weight is 382 g/mol. The molecule has 0 aliphatic rings. The first kappa shape index (κ1) is 19.1. The number of benzene rings is 2. The Morgan fingerprint density at radius 1 is 1.15 bits per heavy atom. The molecule has 2 amide bonds. The molecule has 0 atom stereocenters. The lowest BCUT2D eigenvalue weighted by atomic mass is 10.3. The minimum Gasteiger partial charge on any atom is -0.477 e. The van der Waals surface area contributed by atoms with Crippen LogP contribution < -0.4 is 15.4 Å². The highest BCUT2D eigenvalue weighted by atomic mass is 35.5. The largest absolute Gasteiger partial charge is 0.477 e. The van der Waals surface area contributed by atoms with E-state index in [1.54, 1.807) is 0 Å². The van der Waals surface area contributed by atoms with E-state index in [4.69, 9.17) is 16.3 Å². The van der Waals surface area contributed by atoms with E-state index in [9.17, 15) is 24.1 Å². The van der Waals surface area contributed by atoms with Crippen LogP contribution in [-0.2, 0) is 9.59 Å². The van der Waals surface area contributed by atoms with Gasteiger partial charge in [0.05, 0.1) is 11.5 Å². The molecule has 0 radical (unpaired) electrons. The van der Waals surface area contributed by atoms with Crippen LogP contribution in [0, 0.1) is 15.9 Å². The van der Waals surface area contributed by atoms with Crippen molar-refractivity contribution >= 4 is 34.8 Å². The zero-order valence-electron chi connectivity index (χ0n) is 13.2. The molecule has 136 valence electrons. The summed E-state index contributed by atoms with van der Waals surface area (Å²) in [5.74, 6) is -1.74. The monoisotopic (exact) mass is 381 g/mol. The van der Waals surface area contributed by atoms with Crippen LogP contribution in [-0.4, -0.2) is 29.9 Å². The van der Waals surface area contributed by atoms with Crippen LogP contribution in [0.4, 0.5) is 15.8 Å². The lowest BCUT2D eigenvalue weighted by Crippen LogP contribution is -2.35. The molecule has 2 rings (SSSR count). The topological polar surface area (TPSA) is 111 Å². The number of nitrogens with zero attached hydrogens (tertiary/aromatic N) is 1. The lowest BCUT2D eigenvalue weighted by Gasteiger charge is -2.09. The van der Waals surface area contributed by atoms with Gasteiger partial charge in [0.2, 0.25) is 5.91 Å². The Hall–Kier alpha value is -3.20. The Kier molecular flexibility index (Phi) is 6.45. The normalized spacial score (nSPS) is 10.1. The predicted octanol–water partition coefficient (Wildman–Crippen LogP) is 2.52. The van der Waals surface area contributed by atoms with Gasteiger partial charge < -0.3 is 15.4 Å². The van der Waals surface area contributed by atoms with E-state index >= 15 is 0 Å². The smallest absolute Gasteiger partial charge is 0.312 e. The lowest BCUT2D eigenvalue weighted by molar-refractivity contribution is -0.385. The van der Waals surface area contributed by atoms with Gasteiger partial charge in [-0.2, -0.15) is 0 Å². The highest BCUT2D eigenvalue weighted by Gasteiger charge is 2.17. The molecule has 2 N–H and O–H groups in total. The fraction of sp³-hybridized carbons (Fsp3) is 0.125. The molecular weight excluding hydrogens is 369 g/mol. The Bertz CT molecular complexity index is 829. The molecule has 0 bridgehead atoms. The minimum atomic E-state index is -0.685. The standard InChI is InChI=1S/C16H13ClFN3O5/c17-10-1-6-14(13(7-10)21(24)25)26-9-16(23)19-8-15(22)20-12-4-2-11(18)3-5-12/h1-7H,8-9H2,(H,19,23)(H,20,22). The predicted molar refractivity (Wildman–Crippen MR) is 91.6 cm³/mol. The molecule has 0 heterocycles. The summed E-state index contributed by atoms with van der Waals surface area (Å²) >= 11 is 5.68. The highest BCUT2D eigenvalue weighted by Crippen LogP contribution is 2.29. The number of carbonyl (C=O) groups is 2. The van der Waals surface area contributed by atoms with Crippen molar-refractivity contribution in [3.8, 4) is 5.75 Å². The van der Waals surface area contributed by atoms with Crippen LogP contribution >= 0.6 is 11.6 Å². The summed E-state index contributed by atoms with van der Waals surface area (Å²) in [6.07, 6.45) is 0. The molecule has 2 aromatic carbocycles. The van der Waals surface area contributed by atoms with E-state index < -0.39 is 29.2 Å². The van der Waals surface area contributed by atoms with Crippen molar-refractivity contribution in [1.29, 1.82) is 0 Å². The maximum atomic E-state index is 12.8. The van der Waals surface area contributed by atoms with E-state index in [0.717, 1.165) is 6.07 Å². The van der Waals surface area contributed by atoms with Gasteiger partial charge in [0.25, 0.3) is 5.91 Å². The van der Waals surface area contributed by atoms with Gasteiger partial charge in [0, 0.05) is 16.8 Å². The second-order valence-corrected chi connectivity index (χ2v) is 5.43. The molecule has 0 spiro atoms. The van der Waals surface area contributed by atoms with E-state index in [2.05, 4.69) is 10.6 Å². The number of rotatable bonds is 7. The molecule has 0 aliphatic heterocycles. The van der Waals surface area contributed by atoms with E-state index in [0.29, 0.717) is 5.69 Å². The summed E-state index contributed by atoms with van der Waals surface area (Å²) in [6, 6.07) is 8.87. The van der Waals surface area contributed by atoms with Crippen LogP contribution in [0.15, 0.2) is 42.5 Å². The van der Waals surface area contributed by atoms with E-state index in [1.807, 2.05) is 0 Å². The third kappa shape index (κ3) is 5.71. The number of nitro groups is 1. The van der Waals surface area contributed by atoms with Crippen molar-refractivity contribution in [2.45, 2.75) is 0 Å². The zero-order chi connectivity index (χ0) is 19.1. The SMILES string of the molecule is O=C(COc1ccc(Cl)cc1[N+](=O)[O-])NCC(=O)Nc1ccc(F)cc1. The van der Waals surface area contributed by atoms with Gasteiger partial charge in [-0.05, 0) is 36.4 Å². The summed E-state index contributed by atoms with van der Waals surface area (Å²) < 4.78 is 17.9. The zero-order valence-corrected chi connectivity index (χ0v) is 14.0. The third-order valence-corrected chi connectivity index (χ3v) is 3.29. The van der Waals surface area contributed by atoms with E-state index in [-0.39, 0.29) is 23.0 Å². The minimum absolute atomic E-state index is 0.120. The van der Waals surface area contributed by atoms with Crippen molar-refractivity contribution in [1.82, 2.24) is 5.32 Å². The number of carbonyl (C=O) groups excluding carboxylic acids is 2. The van der Waals surface area contributed by atoms with Crippen LogP contribution in [0.2, 0.25) is 5.02 Å². The van der Waals surface area contributed by atoms with Crippen molar-refractivity contribution in [2.24, 2.45) is 0 Å². The number of hydrogen-bond acceptors (Lipinski definition) is 5. The second kappa shape index (κ2) is 8.77. The maximum Gasteiger partial charge on any atom is 0.312 e. The molecular formula is C16H13ClFN3O5. The van der Waals surface area contributed by atoms with Crippen LogP contribution in [0.5, 0.6) is 5.75 Å². The average Bonchev–Trinajstić information content (AvgIpc) is 2.60. The molecule has 2 aromatic rings. The fourth-order valence-corrected chi connectivity index (χ4v) is 2.03. The molecule has 8 nitrogen and oxygen atoms in total. The number of anilines is 1. The fourth-order valence-electron chi connectivity index (χ4n) is 1.87. The number of hydrogen-bond donors (Lipinski definition) is 2. The molecule has 0 saturated heterocycles. The van der Waals surface area contributed by atoms with Crippen molar-refractivity contribution < 1.29 is 23.6 Å².